The predicted molar refractivity (Wildman–Crippen MR) is 124 cm³/mol. The van der Waals surface area contributed by atoms with Crippen LogP contribution in [0, 0.1) is 11.6 Å². The maximum absolute atomic E-state index is 13.9. The molecule has 2 atom stereocenters. The Morgan fingerprint density at radius 1 is 1.03 bits per heavy atom. The molecule has 2 aromatic carbocycles. The summed E-state index contributed by atoms with van der Waals surface area (Å²) in [5.41, 5.74) is 1.66. The molecule has 3 rings (SSSR count). The maximum atomic E-state index is 13.9. The van der Waals surface area contributed by atoms with Crippen molar-refractivity contribution in [1.82, 2.24) is 15.6 Å². The van der Waals surface area contributed by atoms with Gasteiger partial charge < -0.3 is 10.1 Å². The number of hydrogen-bond donors (Lipinski definition) is 2. The monoisotopic (exact) mass is 491 g/mol. The highest BCUT2D eigenvalue weighted by Gasteiger charge is 2.32. The van der Waals surface area contributed by atoms with Gasteiger partial charge in [0.15, 0.2) is 0 Å². The molecular formula is C26H26F5N3O. The molecule has 1 aromatic heterocycles. The van der Waals surface area contributed by atoms with Gasteiger partial charge in [-0.1, -0.05) is 30.8 Å². The van der Waals surface area contributed by atoms with Crippen molar-refractivity contribution >= 4 is 0 Å². The Balaban J connectivity index is 1.93. The molecule has 0 amide bonds. The van der Waals surface area contributed by atoms with E-state index >= 15 is 0 Å². The summed E-state index contributed by atoms with van der Waals surface area (Å²) in [5.74, 6) is -0.527. The number of aromatic nitrogens is 1. The Hall–Kier alpha value is -3.46. The summed E-state index contributed by atoms with van der Waals surface area (Å²) in [4.78, 5) is 3.52. The second-order valence-electron chi connectivity index (χ2n) is 7.95. The van der Waals surface area contributed by atoms with E-state index in [1.807, 2.05) is 0 Å². The molecule has 4 nitrogen and oxygen atoms in total. The molecule has 35 heavy (non-hydrogen) atoms. The minimum Gasteiger partial charge on any atom is -0.496 e. The summed E-state index contributed by atoms with van der Waals surface area (Å²) >= 11 is 0. The number of nitrogens with zero attached hydrogens (tertiary/aromatic N) is 1. The fourth-order valence-corrected chi connectivity index (χ4v) is 3.75. The van der Waals surface area contributed by atoms with E-state index in [4.69, 9.17) is 4.74 Å². The summed E-state index contributed by atoms with van der Waals surface area (Å²) in [5, 5.41) is 6.48. The van der Waals surface area contributed by atoms with E-state index in [1.54, 1.807) is 25.2 Å². The zero-order chi connectivity index (χ0) is 25.6. The molecule has 2 unspecified atom stereocenters. The number of pyridine rings is 1. The first-order chi connectivity index (χ1) is 16.6. The van der Waals surface area contributed by atoms with Crippen molar-refractivity contribution in [3.63, 3.8) is 0 Å². The molecular weight excluding hydrogens is 465 g/mol. The number of ether oxygens (including phenoxy) is 1. The number of methoxy groups -OCH3 is 1. The van der Waals surface area contributed by atoms with Gasteiger partial charge in [0.25, 0.3) is 0 Å². The first kappa shape index (κ1) is 26.2. The highest BCUT2D eigenvalue weighted by molar-refractivity contribution is 5.38. The van der Waals surface area contributed by atoms with Gasteiger partial charge in [-0.25, -0.2) is 8.78 Å². The first-order valence-electron chi connectivity index (χ1n) is 10.9. The van der Waals surface area contributed by atoms with E-state index in [2.05, 4.69) is 22.2 Å². The number of aryl methyl sites for hydroxylation is 1. The Labute approximate surface area is 200 Å². The number of hydrogen-bond acceptors (Lipinski definition) is 4. The van der Waals surface area contributed by atoms with E-state index < -0.39 is 29.8 Å². The Morgan fingerprint density at radius 2 is 1.71 bits per heavy atom. The second-order valence-corrected chi connectivity index (χ2v) is 7.95. The summed E-state index contributed by atoms with van der Waals surface area (Å²) < 4.78 is 71.4. The van der Waals surface area contributed by atoms with Crippen LogP contribution >= 0.6 is 0 Å². The van der Waals surface area contributed by atoms with E-state index in [1.165, 1.54) is 43.6 Å². The Morgan fingerprint density at radius 3 is 2.29 bits per heavy atom. The van der Waals surface area contributed by atoms with Gasteiger partial charge in [-0.2, -0.15) is 13.2 Å². The predicted octanol–water partition coefficient (Wildman–Crippen LogP) is 6.13. The zero-order valence-corrected chi connectivity index (χ0v) is 19.3. The Kier molecular flexibility index (Phi) is 8.45. The van der Waals surface area contributed by atoms with E-state index in [0.717, 1.165) is 11.6 Å². The van der Waals surface area contributed by atoms with Crippen LogP contribution in [0.15, 0.2) is 73.1 Å². The third-order valence-electron chi connectivity index (χ3n) is 5.65. The lowest BCUT2D eigenvalue weighted by Crippen LogP contribution is -2.32. The topological polar surface area (TPSA) is 46.2 Å². The normalized spacial score (nSPS) is 13.2. The van der Waals surface area contributed by atoms with Gasteiger partial charge in [0, 0.05) is 36.6 Å². The van der Waals surface area contributed by atoms with Crippen LogP contribution in [0.25, 0.3) is 0 Å². The average molecular weight is 492 g/mol. The smallest absolute Gasteiger partial charge is 0.433 e. The average Bonchev–Trinajstić information content (AvgIpc) is 2.84. The van der Waals surface area contributed by atoms with Crippen LogP contribution in [0.2, 0.25) is 0 Å². The van der Waals surface area contributed by atoms with Crippen LogP contribution in [0.3, 0.4) is 0 Å². The molecule has 0 saturated carbocycles. The fraction of sp³-hybridized carbons (Fsp3) is 0.269. The number of nitrogens with one attached hydrogen (secondary N) is 2. The minimum absolute atomic E-state index is 0.320. The van der Waals surface area contributed by atoms with Crippen LogP contribution in [0.4, 0.5) is 22.0 Å². The van der Waals surface area contributed by atoms with Gasteiger partial charge in [-0.3, -0.25) is 10.3 Å². The maximum Gasteiger partial charge on any atom is 0.433 e. The van der Waals surface area contributed by atoms with Crippen LogP contribution in [0.1, 0.15) is 40.9 Å². The quantitative estimate of drug-likeness (QED) is 0.335. The van der Waals surface area contributed by atoms with E-state index in [-0.39, 0.29) is 5.82 Å². The number of rotatable bonds is 10. The summed E-state index contributed by atoms with van der Waals surface area (Å²) in [7, 11) is 3.14. The lowest BCUT2D eigenvalue weighted by Gasteiger charge is -2.29. The Bertz CT molecular complexity index is 1130. The first-order valence-corrected chi connectivity index (χ1v) is 10.9. The minimum atomic E-state index is -4.51. The molecule has 0 aliphatic carbocycles. The summed E-state index contributed by atoms with van der Waals surface area (Å²) in [6, 6.07) is 11.6. The highest BCUT2D eigenvalue weighted by atomic mass is 19.4. The van der Waals surface area contributed by atoms with Crippen molar-refractivity contribution in [3.8, 4) is 5.75 Å². The van der Waals surface area contributed by atoms with E-state index in [9.17, 15) is 22.0 Å². The molecule has 0 spiro atoms. The lowest BCUT2D eigenvalue weighted by atomic mass is 9.95. The van der Waals surface area contributed by atoms with Gasteiger partial charge in [-0.05, 0) is 48.2 Å². The molecule has 0 fully saturated rings. The fourth-order valence-electron chi connectivity index (χ4n) is 3.75. The largest absolute Gasteiger partial charge is 0.496 e. The highest BCUT2D eigenvalue weighted by Crippen LogP contribution is 2.33. The van der Waals surface area contributed by atoms with E-state index in [0.29, 0.717) is 35.4 Å². The SMILES string of the molecule is C=C(NC)C(NC(CCc1ccc(C(F)(F)F)nc1)c1ccc(F)cc1OC)c1ccc(F)cc1. The van der Waals surface area contributed by atoms with Crippen molar-refractivity contribution in [2.45, 2.75) is 31.1 Å². The number of likely N-dealkylation sites (N-methyl/N-ethyl adjacent to an activating group) is 1. The van der Waals surface area contributed by atoms with Gasteiger partial charge in [-0.15, -0.1) is 0 Å². The van der Waals surface area contributed by atoms with Gasteiger partial charge in [0.1, 0.15) is 23.1 Å². The van der Waals surface area contributed by atoms with Crippen LogP contribution < -0.4 is 15.4 Å². The molecule has 2 N–H and O–H groups in total. The summed E-state index contributed by atoms with van der Waals surface area (Å²) in [6.07, 6.45) is -2.51. The standard InChI is InChI=1S/C26H26F5N3O/c1-16(32-2)25(18-6-8-19(27)9-7-18)34-22(21-11-10-20(28)14-23(21)35-3)12-4-17-5-13-24(33-15-17)26(29,30)31/h5-11,13-15,22,25,32,34H,1,4,12H2,2-3H3. The molecule has 9 heteroatoms. The third-order valence-corrected chi connectivity index (χ3v) is 5.65. The third kappa shape index (κ3) is 6.79. The molecule has 186 valence electrons. The van der Waals surface area contributed by atoms with Crippen LogP contribution in [0.5, 0.6) is 5.75 Å². The molecule has 0 aliphatic rings. The summed E-state index contributed by atoms with van der Waals surface area (Å²) in [6.45, 7) is 4.05. The molecule has 0 aliphatic heterocycles. The van der Waals surface area contributed by atoms with Crippen LogP contribution in [-0.2, 0) is 12.6 Å². The van der Waals surface area contributed by atoms with Crippen LogP contribution in [-0.4, -0.2) is 19.1 Å². The van der Waals surface area contributed by atoms with Gasteiger partial charge in [0.05, 0.1) is 13.2 Å². The van der Waals surface area contributed by atoms with Gasteiger partial charge in [0.2, 0.25) is 0 Å². The van der Waals surface area contributed by atoms with Crippen molar-refractivity contribution in [1.29, 1.82) is 0 Å². The number of benzene rings is 2. The molecule has 0 radical (unpaired) electrons. The molecule has 0 bridgehead atoms. The number of halogens is 5. The lowest BCUT2D eigenvalue weighted by molar-refractivity contribution is -0.141. The van der Waals surface area contributed by atoms with Gasteiger partial charge >= 0.3 is 6.18 Å². The number of alkyl halides is 3. The second kappa shape index (κ2) is 11.3. The zero-order valence-electron chi connectivity index (χ0n) is 19.3. The molecule has 1 heterocycles. The molecule has 3 aromatic rings. The van der Waals surface area contributed by atoms with Crippen molar-refractivity contribution in [2.24, 2.45) is 0 Å². The van der Waals surface area contributed by atoms with Crippen molar-refractivity contribution in [2.75, 3.05) is 14.2 Å². The molecule has 0 saturated heterocycles. The van der Waals surface area contributed by atoms with Crippen molar-refractivity contribution < 1.29 is 26.7 Å². The van der Waals surface area contributed by atoms with Crippen molar-refractivity contribution in [3.05, 3.63) is 107 Å².